The maximum absolute atomic E-state index is 6.15. The van der Waals surface area contributed by atoms with E-state index in [2.05, 4.69) is 30.3 Å². The van der Waals surface area contributed by atoms with Gasteiger partial charge in [-0.2, -0.15) is 0 Å². The highest BCUT2D eigenvalue weighted by Gasteiger charge is 2.35. The molecule has 0 amide bonds. The van der Waals surface area contributed by atoms with Crippen molar-refractivity contribution in [3.05, 3.63) is 46.5 Å². The van der Waals surface area contributed by atoms with Crippen LogP contribution in [-0.2, 0) is 17.6 Å². The second-order valence-electron chi connectivity index (χ2n) is 4.70. The van der Waals surface area contributed by atoms with Crippen LogP contribution >= 0.6 is 11.6 Å². The van der Waals surface area contributed by atoms with Crippen LogP contribution in [0, 0.1) is 0 Å². The molecule has 16 heavy (non-hydrogen) atoms. The summed E-state index contributed by atoms with van der Waals surface area (Å²) in [4.78, 5) is 0. The maximum atomic E-state index is 6.15. The Morgan fingerprint density at radius 2 is 1.94 bits per heavy atom. The number of ether oxygens (including phenoxy) is 1. The molecular formula is C14H15ClO. The third-order valence-electron chi connectivity index (χ3n) is 3.58. The zero-order valence-electron chi connectivity index (χ0n) is 9.21. The van der Waals surface area contributed by atoms with Crippen LogP contribution in [0.25, 0.3) is 0 Å². The second-order valence-corrected chi connectivity index (χ2v) is 5.19. The van der Waals surface area contributed by atoms with E-state index in [1.807, 2.05) is 0 Å². The summed E-state index contributed by atoms with van der Waals surface area (Å²) in [5, 5.41) is 0.964. The van der Waals surface area contributed by atoms with Gasteiger partial charge in [-0.15, -0.1) is 0 Å². The molecule has 0 saturated carbocycles. The van der Waals surface area contributed by atoms with Gasteiger partial charge in [-0.1, -0.05) is 35.9 Å². The third-order valence-corrected chi connectivity index (χ3v) is 3.87. The van der Waals surface area contributed by atoms with Crippen molar-refractivity contribution in [2.45, 2.75) is 31.3 Å². The van der Waals surface area contributed by atoms with Crippen molar-refractivity contribution >= 4 is 11.6 Å². The summed E-state index contributed by atoms with van der Waals surface area (Å²) in [6.45, 7) is 0.761. The van der Waals surface area contributed by atoms with Crippen LogP contribution in [0.1, 0.15) is 24.0 Å². The van der Waals surface area contributed by atoms with Gasteiger partial charge in [0, 0.05) is 17.9 Å². The van der Waals surface area contributed by atoms with Gasteiger partial charge in [0.15, 0.2) is 0 Å². The summed E-state index contributed by atoms with van der Waals surface area (Å²) in [5.74, 6) is 0. The van der Waals surface area contributed by atoms with Crippen LogP contribution in [0.3, 0.4) is 0 Å². The summed E-state index contributed by atoms with van der Waals surface area (Å²) >= 11 is 6.15. The number of hydrogen-bond donors (Lipinski definition) is 0. The van der Waals surface area contributed by atoms with Crippen molar-refractivity contribution in [2.75, 3.05) is 6.61 Å². The molecule has 84 valence electrons. The van der Waals surface area contributed by atoms with Gasteiger partial charge in [-0.25, -0.2) is 0 Å². The standard InChI is InChI=1S/C14H15ClO/c15-13-6-8-16-14(10-13)7-5-11-3-1-2-4-12(11)9-14/h1-4,10H,5-9H2. The minimum absolute atomic E-state index is 0.121. The van der Waals surface area contributed by atoms with Crippen LogP contribution in [0.4, 0.5) is 0 Å². The molecule has 1 aliphatic carbocycles. The summed E-state index contributed by atoms with van der Waals surface area (Å²) in [6.07, 6.45) is 6.12. The molecular weight excluding hydrogens is 220 g/mol. The molecule has 1 aliphatic heterocycles. The first kappa shape index (κ1) is 10.4. The summed E-state index contributed by atoms with van der Waals surface area (Å²) in [6, 6.07) is 8.64. The van der Waals surface area contributed by atoms with Crippen molar-refractivity contribution in [3.8, 4) is 0 Å². The van der Waals surface area contributed by atoms with Gasteiger partial charge in [0.1, 0.15) is 0 Å². The Balaban J connectivity index is 1.95. The van der Waals surface area contributed by atoms with E-state index < -0.39 is 0 Å². The zero-order chi connectivity index (χ0) is 11.0. The van der Waals surface area contributed by atoms with E-state index in [4.69, 9.17) is 16.3 Å². The van der Waals surface area contributed by atoms with Gasteiger partial charge < -0.3 is 4.74 Å². The van der Waals surface area contributed by atoms with Crippen molar-refractivity contribution < 1.29 is 4.74 Å². The average molecular weight is 235 g/mol. The first-order chi connectivity index (χ1) is 7.77. The minimum Gasteiger partial charge on any atom is -0.370 e. The van der Waals surface area contributed by atoms with Gasteiger partial charge >= 0.3 is 0 Å². The fourth-order valence-corrected chi connectivity index (χ4v) is 3.00. The van der Waals surface area contributed by atoms with Gasteiger partial charge in [-0.05, 0) is 30.0 Å². The third kappa shape index (κ3) is 1.79. The fourth-order valence-electron chi connectivity index (χ4n) is 2.73. The Morgan fingerprint density at radius 3 is 2.75 bits per heavy atom. The molecule has 0 bridgehead atoms. The molecule has 1 aromatic carbocycles. The molecule has 3 rings (SSSR count). The molecule has 1 spiro atoms. The SMILES string of the molecule is ClC1=CC2(CCc3ccccc3C2)OCC1. The monoisotopic (exact) mass is 234 g/mol. The normalized spacial score (nSPS) is 28.7. The highest BCUT2D eigenvalue weighted by molar-refractivity contribution is 6.29. The van der Waals surface area contributed by atoms with Crippen molar-refractivity contribution in [1.82, 2.24) is 0 Å². The van der Waals surface area contributed by atoms with E-state index in [0.717, 1.165) is 37.3 Å². The van der Waals surface area contributed by atoms with E-state index >= 15 is 0 Å². The van der Waals surface area contributed by atoms with Crippen LogP contribution < -0.4 is 0 Å². The van der Waals surface area contributed by atoms with E-state index in [-0.39, 0.29) is 5.60 Å². The van der Waals surface area contributed by atoms with E-state index in [1.165, 1.54) is 11.1 Å². The number of fused-ring (bicyclic) bond motifs is 1. The van der Waals surface area contributed by atoms with Crippen LogP contribution in [0.5, 0.6) is 0 Å². The zero-order valence-corrected chi connectivity index (χ0v) is 9.96. The lowest BCUT2D eigenvalue weighted by atomic mass is 9.79. The van der Waals surface area contributed by atoms with Crippen molar-refractivity contribution in [2.24, 2.45) is 0 Å². The predicted octanol–water partition coefficient (Wildman–Crippen LogP) is 3.46. The smallest absolute Gasteiger partial charge is 0.0920 e. The molecule has 0 fully saturated rings. The van der Waals surface area contributed by atoms with Crippen molar-refractivity contribution in [3.63, 3.8) is 0 Å². The molecule has 1 unspecified atom stereocenters. The molecule has 2 heteroatoms. The van der Waals surface area contributed by atoms with Crippen LogP contribution in [0.2, 0.25) is 0 Å². The lowest BCUT2D eigenvalue weighted by Crippen LogP contribution is -2.39. The second kappa shape index (κ2) is 3.90. The van der Waals surface area contributed by atoms with E-state index in [9.17, 15) is 0 Å². The predicted molar refractivity (Wildman–Crippen MR) is 65.7 cm³/mol. The Kier molecular flexibility index (Phi) is 2.53. The quantitative estimate of drug-likeness (QED) is 0.668. The lowest BCUT2D eigenvalue weighted by Gasteiger charge is -2.38. The summed E-state index contributed by atoms with van der Waals surface area (Å²) in [5.41, 5.74) is 2.76. The number of aryl methyl sites for hydroxylation is 1. The van der Waals surface area contributed by atoms with Gasteiger partial charge in [0.25, 0.3) is 0 Å². The summed E-state index contributed by atoms with van der Waals surface area (Å²) in [7, 11) is 0. The molecule has 0 radical (unpaired) electrons. The average Bonchev–Trinajstić information content (AvgIpc) is 2.28. The minimum atomic E-state index is -0.121. The first-order valence-electron chi connectivity index (χ1n) is 5.85. The Bertz CT molecular complexity index is 438. The number of hydrogen-bond acceptors (Lipinski definition) is 1. The molecule has 1 aromatic rings. The Hall–Kier alpha value is -0.790. The molecule has 0 N–H and O–H groups in total. The molecule has 0 saturated heterocycles. The fraction of sp³-hybridized carbons (Fsp3) is 0.429. The number of halogens is 1. The molecule has 1 heterocycles. The van der Waals surface area contributed by atoms with Gasteiger partial charge in [-0.3, -0.25) is 0 Å². The highest BCUT2D eigenvalue weighted by Crippen LogP contribution is 2.36. The maximum Gasteiger partial charge on any atom is 0.0920 e. The van der Waals surface area contributed by atoms with Gasteiger partial charge in [0.05, 0.1) is 12.2 Å². The topological polar surface area (TPSA) is 9.23 Å². The van der Waals surface area contributed by atoms with E-state index in [1.54, 1.807) is 0 Å². The lowest BCUT2D eigenvalue weighted by molar-refractivity contribution is -0.0243. The van der Waals surface area contributed by atoms with Crippen molar-refractivity contribution in [1.29, 1.82) is 0 Å². The highest BCUT2D eigenvalue weighted by atomic mass is 35.5. The molecule has 1 atom stereocenters. The Morgan fingerprint density at radius 1 is 1.12 bits per heavy atom. The molecule has 0 aromatic heterocycles. The molecule has 2 aliphatic rings. The summed E-state index contributed by atoms with van der Waals surface area (Å²) < 4.78 is 5.97. The van der Waals surface area contributed by atoms with E-state index in [0.29, 0.717) is 0 Å². The number of rotatable bonds is 0. The van der Waals surface area contributed by atoms with Gasteiger partial charge in [0.2, 0.25) is 0 Å². The van der Waals surface area contributed by atoms with Crippen LogP contribution in [0.15, 0.2) is 35.4 Å². The van der Waals surface area contributed by atoms with Crippen LogP contribution in [-0.4, -0.2) is 12.2 Å². The Labute approximate surface area is 101 Å². The molecule has 1 nitrogen and oxygen atoms in total. The number of benzene rings is 1. The largest absolute Gasteiger partial charge is 0.370 e. The first-order valence-corrected chi connectivity index (χ1v) is 6.23.